The number of rotatable bonds is 5. The molecule has 0 atom stereocenters. The van der Waals surface area contributed by atoms with E-state index >= 15 is 0 Å². The maximum Gasteiger partial charge on any atom is 0.297 e. The van der Waals surface area contributed by atoms with Crippen molar-refractivity contribution in [1.82, 2.24) is 14.0 Å². The number of carbonyl (C=O) groups excluding carboxylic acids is 1. The first-order valence-corrected chi connectivity index (χ1v) is 13.3. The minimum atomic E-state index is -0.775. The molecule has 12 heteroatoms. The minimum Gasteiger partial charge on any atom is -0.482 e. The third-order valence-corrected chi connectivity index (χ3v) is 7.44. The van der Waals surface area contributed by atoms with Crippen LogP contribution in [-0.2, 0) is 11.8 Å². The summed E-state index contributed by atoms with van der Waals surface area (Å²) in [5, 5.41) is 8.93. The molecule has 206 valence electrons. The zero-order chi connectivity index (χ0) is 28.7. The fraction of sp³-hybridized carbons (Fsp3) is 0.103. The third kappa shape index (κ3) is 4.78. The Bertz CT molecular complexity index is 1950. The van der Waals surface area contributed by atoms with Crippen LogP contribution in [0.4, 0.5) is 20.2 Å². The molecule has 9 nitrogen and oxygen atoms in total. The summed E-state index contributed by atoms with van der Waals surface area (Å²) in [5.74, 6) is -1.32. The van der Waals surface area contributed by atoms with Crippen LogP contribution in [0.1, 0.15) is 11.3 Å². The first-order chi connectivity index (χ1) is 19.8. The van der Waals surface area contributed by atoms with Crippen molar-refractivity contribution < 1.29 is 18.3 Å². The lowest BCUT2D eigenvalue weighted by molar-refractivity contribution is -0.118. The van der Waals surface area contributed by atoms with E-state index in [4.69, 9.17) is 4.74 Å². The van der Waals surface area contributed by atoms with Crippen molar-refractivity contribution in [3.63, 3.8) is 0 Å². The highest BCUT2D eigenvalue weighted by molar-refractivity contribution is 7.07. The topological polar surface area (TPSA) is 94.9 Å². The average Bonchev–Trinajstić information content (AvgIpc) is 3.46. The number of nitrogens with zero attached hydrogens (tertiary/aromatic N) is 5. The number of para-hydroxylation sites is 1. The Morgan fingerprint density at radius 3 is 2.54 bits per heavy atom. The minimum absolute atomic E-state index is 0.0801. The number of halogens is 2. The summed E-state index contributed by atoms with van der Waals surface area (Å²) in [7, 11) is 1.76. The van der Waals surface area contributed by atoms with Crippen molar-refractivity contribution in [3.8, 4) is 22.7 Å². The summed E-state index contributed by atoms with van der Waals surface area (Å²) in [6.07, 6.45) is 1.07. The molecule has 3 heterocycles. The molecule has 0 unspecified atom stereocenters. The van der Waals surface area contributed by atoms with Gasteiger partial charge in [0.1, 0.15) is 17.4 Å². The number of amides is 1. The van der Waals surface area contributed by atoms with E-state index in [1.165, 1.54) is 26.8 Å². The number of aromatic nitrogens is 3. The normalized spacial score (nSPS) is 13.4. The van der Waals surface area contributed by atoms with Gasteiger partial charge in [0.15, 0.2) is 12.3 Å². The van der Waals surface area contributed by atoms with Gasteiger partial charge in [-0.25, -0.2) is 23.1 Å². The number of benzene rings is 3. The summed E-state index contributed by atoms with van der Waals surface area (Å²) in [4.78, 5) is 30.4. The number of anilines is 1. The molecule has 0 fully saturated rings. The number of thiazole rings is 1. The molecule has 6 rings (SSSR count). The number of carbonyl (C=O) groups is 1. The zero-order valence-corrected chi connectivity index (χ0v) is 22.7. The molecule has 41 heavy (non-hydrogen) atoms. The van der Waals surface area contributed by atoms with Gasteiger partial charge in [-0.3, -0.25) is 14.3 Å². The monoisotopic (exact) mass is 572 g/mol. The highest BCUT2D eigenvalue weighted by atomic mass is 32.1. The predicted molar refractivity (Wildman–Crippen MR) is 152 cm³/mol. The van der Waals surface area contributed by atoms with Gasteiger partial charge in [0.25, 0.3) is 11.5 Å². The maximum atomic E-state index is 14.4. The molecule has 0 saturated carbocycles. The van der Waals surface area contributed by atoms with Crippen molar-refractivity contribution in [1.29, 1.82) is 0 Å². The smallest absolute Gasteiger partial charge is 0.297 e. The maximum absolute atomic E-state index is 14.4. The lowest BCUT2D eigenvalue weighted by Gasteiger charge is -2.18. The Labute approximate surface area is 235 Å². The molecule has 0 saturated heterocycles. The molecule has 0 aliphatic carbocycles. The standard InChI is InChI=1S/C29H22F2N6O3S/c1-17-27(28(39)37(35(17)2)19-7-4-3-5-8-19)34-29-36(32-14-20-21(30)9-6-10-22(20)31)24(16-41-29)18-11-12-25-23(13-18)33-26(38)15-40-25/h3-14,16H,15H2,1-2H3,(H,33,38). The van der Waals surface area contributed by atoms with Crippen LogP contribution in [0.5, 0.6) is 5.75 Å². The Hall–Kier alpha value is -5.10. The van der Waals surface area contributed by atoms with Gasteiger partial charge in [0.05, 0.1) is 34.5 Å². The molecule has 3 aromatic carbocycles. The molecule has 1 N–H and O–H groups in total. The summed E-state index contributed by atoms with van der Waals surface area (Å²) < 4.78 is 38.9. The number of fused-ring (bicyclic) bond motifs is 1. The van der Waals surface area contributed by atoms with Gasteiger partial charge in [-0.05, 0) is 49.4 Å². The van der Waals surface area contributed by atoms with E-state index in [1.807, 2.05) is 30.3 Å². The highest BCUT2D eigenvalue weighted by Crippen LogP contribution is 2.33. The SMILES string of the molecule is Cc1c(N=c2scc(-c3ccc4c(c3)NC(=O)CO4)n2N=Cc2c(F)cccc2F)c(=O)n(-c2ccccc2)n1C. The predicted octanol–water partition coefficient (Wildman–Crippen LogP) is 4.74. The largest absolute Gasteiger partial charge is 0.482 e. The first kappa shape index (κ1) is 26.1. The second-order valence-electron chi connectivity index (χ2n) is 9.16. The fourth-order valence-corrected chi connectivity index (χ4v) is 5.30. The van der Waals surface area contributed by atoms with Crippen LogP contribution >= 0.6 is 11.3 Å². The van der Waals surface area contributed by atoms with Gasteiger partial charge >= 0.3 is 0 Å². The van der Waals surface area contributed by atoms with E-state index < -0.39 is 11.6 Å². The van der Waals surface area contributed by atoms with Gasteiger partial charge in [-0.2, -0.15) is 5.10 Å². The van der Waals surface area contributed by atoms with Gasteiger partial charge in [0.2, 0.25) is 4.80 Å². The highest BCUT2D eigenvalue weighted by Gasteiger charge is 2.20. The second kappa shape index (κ2) is 10.5. The third-order valence-electron chi connectivity index (χ3n) is 6.63. The molecule has 2 aromatic heterocycles. The van der Waals surface area contributed by atoms with Crippen molar-refractivity contribution in [2.45, 2.75) is 6.92 Å². The molecular weight excluding hydrogens is 550 g/mol. The molecule has 1 amide bonds. The molecule has 0 radical (unpaired) electrons. The van der Waals surface area contributed by atoms with Crippen LogP contribution in [0.25, 0.3) is 16.9 Å². The Kier molecular flexibility index (Phi) is 6.67. The van der Waals surface area contributed by atoms with E-state index in [2.05, 4.69) is 15.4 Å². The summed E-state index contributed by atoms with van der Waals surface area (Å²) >= 11 is 1.19. The van der Waals surface area contributed by atoms with Crippen molar-refractivity contribution >= 4 is 34.8 Å². The molecule has 0 bridgehead atoms. The summed E-state index contributed by atoms with van der Waals surface area (Å²) in [6, 6.07) is 17.9. The van der Waals surface area contributed by atoms with E-state index in [1.54, 1.807) is 42.2 Å². The van der Waals surface area contributed by atoms with E-state index in [9.17, 15) is 18.4 Å². The van der Waals surface area contributed by atoms with E-state index in [0.717, 1.165) is 18.3 Å². The average molecular weight is 573 g/mol. The van der Waals surface area contributed by atoms with Crippen molar-refractivity contribution in [2.75, 3.05) is 11.9 Å². The molecule has 1 aliphatic heterocycles. The van der Waals surface area contributed by atoms with Crippen molar-refractivity contribution in [3.05, 3.63) is 110 Å². The molecule has 1 aliphatic rings. The van der Waals surface area contributed by atoms with Gasteiger partial charge in [-0.15, -0.1) is 11.3 Å². The Morgan fingerprint density at radius 2 is 1.78 bits per heavy atom. The zero-order valence-electron chi connectivity index (χ0n) is 21.8. The Morgan fingerprint density at radius 1 is 1.02 bits per heavy atom. The molecular formula is C29H22F2N6O3S. The molecule has 5 aromatic rings. The van der Waals surface area contributed by atoms with Crippen LogP contribution in [-0.4, -0.2) is 32.8 Å². The lowest BCUT2D eigenvalue weighted by Crippen LogP contribution is -2.25. The second-order valence-corrected chi connectivity index (χ2v) is 10.0. The van der Waals surface area contributed by atoms with Crippen LogP contribution < -0.4 is 20.4 Å². The number of hydrogen-bond donors (Lipinski definition) is 1. The van der Waals surface area contributed by atoms with E-state index in [-0.39, 0.29) is 34.1 Å². The lowest BCUT2D eigenvalue weighted by atomic mass is 10.1. The van der Waals surface area contributed by atoms with Crippen molar-refractivity contribution in [2.24, 2.45) is 17.1 Å². The first-order valence-electron chi connectivity index (χ1n) is 12.5. The number of hydrogen-bond acceptors (Lipinski definition) is 6. The number of nitrogens with one attached hydrogen (secondary N) is 1. The van der Waals surface area contributed by atoms with Crippen LogP contribution in [0, 0.1) is 18.6 Å². The van der Waals surface area contributed by atoms with E-state index in [0.29, 0.717) is 34.1 Å². The van der Waals surface area contributed by atoms with Gasteiger partial charge < -0.3 is 10.1 Å². The number of ether oxygens (including phenoxy) is 1. The van der Waals surface area contributed by atoms with Crippen LogP contribution in [0.3, 0.4) is 0 Å². The van der Waals surface area contributed by atoms with Crippen LogP contribution in [0.15, 0.2) is 87.0 Å². The van der Waals surface area contributed by atoms with Crippen LogP contribution in [0.2, 0.25) is 0 Å². The van der Waals surface area contributed by atoms with Gasteiger partial charge in [0, 0.05) is 18.0 Å². The summed E-state index contributed by atoms with van der Waals surface area (Å²) in [5.41, 5.74) is 2.44. The van der Waals surface area contributed by atoms with Gasteiger partial charge in [-0.1, -0.05) is 24.3 Å². The Balaban J connectivity index is 1.54. The quantitative estimate of drug-likeness (QED) is 0.309. The fourth-order valence-electron chi connectivity index (χ4n) is 4.46. The molecule has 0 spiro atoms. The summed E-state index contributed by atoms with van der Waals surface area (Å²) in [6.45, 7) is 1.70.